The highest BCUT2D eigenvalue weighted by Crippen LogP contribution is 2.28. The topological polar surface area (TPSA) is 56.1 Å². The van der Waals surface area contributed by atoms with E-state index in [0.29, 0.717) is 11.6 Å². The quantitative estimate of drug-likeness (QED) is 0.745. The smallest absolute Gasteiger partial charge is 0.146 e. The fraction of sp³-hybridized carbons (Fsp3) is 0.381. The molecule has 2 aromatic rings. The van der Waals surface area contributed by atoms with Crippen molar-refractivity contribution in [2.75, 3.05) is 24.5 Å². The number of nitriles is 1. The number of hydrogen-bond donors (Lipinski definition) is 0. The van der Waals surface area contributed by atoms with E-state index in [4.69, 9.17) is 0 Å². The first-order valence-corrected chi connectivity index (χ1v) is 9.13. The number of nitrogens with zero attached hydrogens (tertiary/aromatic N) is 5. The summed E-state index contributed by atoms with van der Waals surface area (Å²) in [5.41, 5.74) is 1.49. The fourth-order valence-corrected chi connectivity index (χ4v) is 3.93. The number of piperidine rings is 1. The molecule has 2 unspecified atom stereocenters. The van der Waals surface area contributed by atoms with Gasteiger partial charge in [0, 0.05) is 38.1 Å². The van der Waals surface area contributed by atoms with Gasteiger partial charge in [-0.3, -0.25) is 4.90 Å². The van der Waals surface area contributed by atoms with Gasteiger partial charge in [0.05, 0.1) is 11.6 Å². The second-order valence-corrected chi connectivity index (χ2v) is 6.76. The number of rotatable bonds is 1. The van der Waals surface area contributed by atoms with E-state index in [-0.39, 0.29) is 6.04 Å². The second kappa shape index (κ2) is 7.56. The van der Waals surface area contributed by atoms with Crippen molar-refractivity contribution in [2.45, 2.75) is 31.3 Å². The Morgan fingerprint density at radius 2 is 1.96 bits per heavy atom. The Morgan fingerprint density at radius 3 is 2.81 bits per heavy atom. The maximum Gasteiger partial charge on any atom is 0.146 e. The molecule has 5 nitrogen and oxygen atoms in total. The molecule has 130 valence electrons. The lowest BCUT2D eigenvalue weighted by Gasteiger charge is -2.47. The van der Waals surface area contributed by atoms with Gasteiger partial charge in [0.25, 0.3) is 0 Å². The zero-order chi connectivity index (χ0) is 17.8. The van der Waals surface area contributed by atoms with Crippen molar-refractivity contribution in [1.82, 2.24) is 14.9 Å². The summed E-state index contributed by atoms with van der Waals surface area (Å²) < 4.78 is 0. The summed E-state index contributed by atoms with van der Waals surface area (Å²) in [5.74, 6) is 7.49. The van der Waals surface area contributed by atoms with Gasteiger partial charge in [-0.05, 0) is 49.4 Å². The van der Waals surface area contributed by atoms with Crippen LogP contribution in [0.2, 0.25) is 0 Å². The highest BCUT2D eigenvalue weighted by Gasteiger charge is 2.35. The molecular formula is C21H21N5. The maximum atomic E-state index is 9.35. The molecule has 0 aliphatic carbocycles. The van der Waals surface area contributed by atoms with Crippen LogP contribution in [0.1, 0.15) is 30.5 Å². The Labute approximate surface area is 154 Å². The summed E-state index contributed by atoms with van der Waals surface area (Å²) in [4.78, 5) is 13.5. The van der Waals surface area contributed by atoms with Crippen LogP contribution < -0.4 is 4.90 Å². The third-order valence-corrected chi connectivity index (χ3v) is 5.18. The maximum absolute atomic E-state index is 9.35. The fourth-order valence-electron chi connectivity index (χ4n) is 3.93. The van der Waals surface area contributed by atoms with Crippen LogP contribution in [0.25, 0.3) is 0 Å². The predicted molar refractivity (Wildman–Crippen MR) is 100 cm³/mol. The molecule has 0 amide bonds. The lowest BCUT2D eigenvalue weighted by Crippen LogP contribution is -2.58. The van der Waals surface area contributed by atoms with Crippen LogP contribution in [0.4, 0.5) is 5.82 Å². The molecule has 0 bridgehead atoms. The summed E-state index contributed by atoms with van der Waals surface area (Å²) in [5, 5.41) is 9.35. The molecule has 2 fully saturated rings. The summed E-state index contributed by atoms with van der Waals surface area (Å²) in [7, 11) is 0. The minimum Gasteiger partial charge on any atom is -0.353 e. The minimum absolute atomic E-state index is 0.289. The molecule has 0 aromatic carbocycles. The normalized spacial score (nSPS) is 22.7. The number of anilines is 1. The molecule has 26 heavy (non-hydrogen) atoms. The van der Waals surface area contributed by atoms with Crippen LogP contribution in [0.5, 0.6) is 0 Å². The summed E-state index contributed by atoms with van der Waals surface area (Å²) in [6.45, 7) is 2.74. The molecule has 2 aliphatic heterocycles. The standard InChI is InChI=1S/C21H21N5/c22-15-17-5-4-12-24-21(17)25-13-14-26-19(7-3-8-20(26)16-25)10-9-18-6-1-2-11-23-18/h1-2,4-6,11-12,19-20H,3,7-8,13-14,16H2. The summed E-state index contributed by atoms with van der Waals surface area (Å²) in [6, 6.07) is 12.5. The van der Waals surface area contributed by atoms with Crippen molar-refractivity contribution < 1.29 is 0 Å². The van der Waals surface area contributed by atoms with E-state index in [1.807, 2.05) is 30.3 Å². The van der Waals surface area contributed by atoms with Gasteiger partial charge < -0.3 is 4.90 Å². The number of fused-ring (bicyclic) bond motifs is 1. The largest absolute Gasteiger partial charge is 0.353 e. The molecule has 5 heteroatoms. The number of piperazine rings is 1. The van der Waals surface area contributed by atoms with E-state index >= 15 is 0 Å². The SMILES string of the molecule is N#Cc1cccnc1N1CCN2C(C#Cc3ccccn3)CCCC2C1. The first-order valence-electron chi connectivity index (χ1n) is 9.13. The van der Waals surface area contributed by atoms with Crippen molar-refractivity contribution in [3.8, 4) is 17.9 Å². The zero-order valence-corrected chi connectivity index (χ0v) is 14.7. The van der Waals surface area contributed by atoms with Crippen molar-refractivity contribution >= 4 is 5.82 Å². The van der Waals surface area contributed by atoms with Gasteiger partial charge in [-0.2, -0.15) is 5.26 Å². The van der Waals surface area contributed by atoms with E-state index in [9.17, 15) is 5.26 Å². The Morgan fingerprint density at radius 1 is 1.04 bits per heavy atom. The van der Waals surface area contributed by atoms with Crippen molar-refractivity contribution in [2.24, 2.45) is 0 Å². The summed E-state index contributed by atoms with van der Waals surface area (Å²) >= 11 is 0. The first-order chi connectivity index (χ1) is 12.8. The third-order valence-electron chi connectivity index (χ3n) is 5.18. The van der Waals surface area contributed by atoms with Crippen molar-refractivity contribution in [1.29, 1.82) is 5.26 Å². The summed E-state index contributed by atoms with van der Waals surface area (Å²) in [6.07, 6.45) is 7.02. The molecule has 2 saturated heterocycles. The number of aromatic nitrogens is 2. The van der Waals surface area contributed by atoms with Gasteiger partial charge in [0.15, 0.2) is 0 Å². The predicted octanol–water partition coefficient (Wildman–Crippen LogP) is 2.44. The van der Waals surface area contributed by atoms with Gasteiger partial charge in [-0.25, -0.2) is 9.97 Å². The molecule has 4 rings (SSSR count). The van der Waals surface area contributed by atoms with E-state index in [1.165, 1.54) is 12.8 Å². The van der Waals surface area contributed by atoms with E-state index in [2.05, 4.69) is 37.7 Å². The van der Waals surface area contributed by atoms with Crippen LogP contribution in [-0.2, 0) is 0 Å². The molecular weight excluding hydrogens is 322 g/mol. The Hall–Kier alpha value is -2.89. The molecule has 0 N–H and O–H groups in total. The molecule has 4 heterocycles. The van der Waals surface area contributed by atoms with Crippen molar-refractivity contribution in [3.63, 3.8) is 0 Å². The number of pyridine rings is 2. The molecule has 0 spiro atoms. The molecule has 0 saturated carbocycles. The van der Waals surface area contributed by atoms with Crippen LogP contribution in [0.15, 0.2) is 42.7 Å². The van der Waals surface area contributed by atoms with Crippen LogP contribution in [0, 0.1) is 23.2 Å². The van der Waals surface area contributed by atoms with Gasteiger partial charge in [0.1, 0.15) is 17.6 Å². The van der Waals surface area contributed by atoms with Gasteiger partial charge in [-0.15, -0.1) is 0 Å². The monoisotopic (exact) mass is 343 g/mol. The molecule has 2 aromatic heterocycles. The van der Waals surface area contributed by atoms with Gasteiger partial charge >= 0.3 is 0 Å². The van der Waals surface area contributed by atoms with Crippen LogP contribution in [0.3, 0.4) is 0 Å². The average molecular weight is 343 g/mol. The Kier molecular flexibility index (Phi) is 4.82. The lowest BCUT2D eigenvalue weighted by molar-refractivity contribution is 0.100. The second-order valence-electron chi connectivity index (χ2n) is 6.76. The molecule has 2 aliphatic rings. The van der Waals surface area contributed by atoms with Gasteiger partial charge in [0.2, 0.25) is 0 Å². The lowest BCUT2D eigenvalue weighted by atomic mass is 9.93. The first kappa shape index (κ1) is 16.6. The van der Waals surface area contributed by atoms with E-state index in [0.717, 1.165) is 37.6 Å². The van der Waals surface area contributed by atoms with Crippen LogP contribution >= 0.6 is 0 Å². The Bertz CT molecular complexity index is 861. The van der Waals surface area contributed by atoms with Gasteiger partial charge in [-0.1, -0.05) is 12.0 Å². The number of hydrogen-bond acceptors (Lipinski definition) is 5. The van der Waals surface area contributed by atoms with Crippen molar-refractivity contribution in [3.05, 3.63) is 54.0 Å². The molecule has 2 atom stereocenters. The highest BCUT2D eigenvalue weighted by atomic mass is 15.3. The highest BCUT2D eigenvalue weighted by molar-refractivity contribution is 5.54. The third kappa shape index (κ3) is 3.40. The minimum atomic E-state index is 0.289. The zero-order valence-electron chi connectivity index (χ0n) is 14.7. The van der Waals surface area contributed by atoms with E-state index in [1.54, 1.807) is 12.4 Å². The Balaban J connectivity index is 1.49. The molecule has 0 radical (unpaired) electrons. The van der Waals surface area contributed by atoms with E-state index < -0.39 is 0 Å². The van der Waals surface area contributed by atoms with Crippen LogP contribution in [-0.4, -0.2) is 46.6 Å². The average Bonchev–Trinajstić information content (AvgIpc) is 2.72.